The number of H-pyrrole nitrogens is 1. The van der Waals surface area contributed by atoms with E-state index in [2.05, 4.69) is 20.5 Å². The van der Waals surface area contributed by atoms with Crippen LogP contribution in [-0.2, 0) is 24.5 Å². The third-order valence-electron chi connectivity index (χ3n) is 5.12. The molecule has 2 heterocycles. The van der Waals surface area contributed by atoms with Gasteiger partial charge in [0.2, 0.25) is 5.91 Å². The number of hydrogen-bond acceptors (Lipinski definition) is 5. The quantitative estimate of drug-likeness (QED) is 0.358. The van der Waals surface area contributed by atoms with Crippen molar-refractivity contribution in [2.24, 2.45) is 0 Å². The van der Waals surface area contributed by atoms with Crippen LogP contribution >= 0.6 is 12.2 Å². The third-order valence-corrected chi connectivity index (χ3v) is 5.43. The fraction of sp³-hybridized carbons (Fsp3) is 0.200. The zero-order chi connectivity index (χ0) is 23.0. The first-order valence-corrected chi connectivity index (χ1v) is 11.1. The van der Waals surface area contributed by atoms with Gasteiger partial charge in [-0.15, -0.1) is 0 Å². The maximum atomic E-state index is 12.4. The summed E-state index contributed by atoms with van der Waals surface area (Å²) in [5, 5.41) is 10.1. The van der Waals surface area contributed by atoms with E-state index >= 15 is 0 Å². The number of pyridine rings is 1. The highest BCUT2D eigenvalue weighted by Gasteiger charge is 2.11. The highest BCUT2D eigenvalue weighted by atomic mass is 32.1. The van der Waals surface area contributed by atoms with Gasteiger partial charge in [-0.25, -0.2) is 0 Å². The van der Waals surface area contributed by atoms with E-state index in [1.54, 1.807) is 6.20 Å². The number of aromatic nitrogens is 4. The molecule has 0 aliphatic carbocycles. The molecule has 8 heteroatoms. The van der Waals surface area contributed by atoms with Crippen LogP contribution in [0.25, 0.3) is 11.4 Å². The van der Waals surface area contributed by atoms with Gasteiger partial charge in [0, 0.05) is 31.3 Å². The lowest BCUT2D eigenvalue weighted by Gasteiger charge is -2.09. The van der Waals surface area contributed by atoms with Crippen molar-refractivity contribution in [3.8, 4) is 17.1 Å². The summed E-state index contributed by atoms with van der Waals surface area (Å²) in [6, 6.07) is 21.4. The second kappa shape index (κ2) is 10.7. The summed E-state index contributed by atoms with van der Waals surface area (Å²) in [5.41, 5.74) is 3.97. The molecular weight excluding hydrogens is 434 g/mol. The minimum absolute atomic E-state index is 0.0521. The number of carbonyl (C=O) groups is 1. The third kappa shape index (κ3) is 6.14. The van der Waals surface area contributed by atoms with Crippen molar-refractivity contribution < 1.29 is 9.53 Å². The summed E-state index contributed by atoms with van der Waals surface area (Å²) in [7, 11) is 0. The molecule has 0 spiro atoms. The number of aryl methyl sites for hydroxylation is 1. The van der Waals surface area contributed by atoms with Crippen LogP contribution < -0.4 is 10.1 Å². The van der Waals surface area contributed by atoms with Crippen LogP contribution in [0.4, 0.5) is 0 Å². The lowest BCUT2D eigenvalue weighted by atomic mass is 10.1. The van der Waals surface area contributed by atoms with Crippen LogP contribution in [-0.4, -0.2) is 25.7 Å². The Bertz CT molecular complexity index is 1270. The number of benzene rings is 2. The molecule has 1 amide bonds. The van der Waals surface area contributed by atoms with Crippen molar-refractivity contribution in [1.82, 2.24) is 25.1 Å². The van der Waals surface area contributed by atoms with Crippen LogP contribution in [0, 0.1) is 11.7 Å². The Morgan fingerprint density at radius 1 is 1.12 bits per heavy atom. The predicted molar refractivity (Wildman–Crippen MR) is 129 cm³/mol. The van der Waals surface area contributed by atoms with Crippen molar-refractivity contribution in [1.29, 1.82) is 0 Å². The van der Waals surface area contributed by atoms with E-state index < -0.39 is 0 Å². The minimum Gasteiger partial charge on any atom is -0.487 e. The van der Waals surface area contributed by atoms with Crippen molar-refractivity contribution >= 4 is 18.1 Å². The lowest BCUT2D eigenvalue weighted by molar-refractivity contribution is -0.121. The first kappa shape index (κ1) is 22.4. The van der Waals surface area contributed by atoms with E-state index in [-0.39, 0.29) is 5.91 Å². The fourth-order valence-electron chi connectivity index (χ4n) is 3.38. The second-order valence-electron chi connectivity index (χ2n) is 7.65. The Morgan fingerprint density at radius 3 is 2.73 bits per heavy atom. The van der Waals surface area contributed by atoms with Gasteiger partial charge in [-0.3, -0.25) is 19.4 Å². The summed E-state index contributed by atoms with van der Waals surface area (Å²) in [6.45, 7) is 3.34. The topological polar surface area (TPSA) is 84.8 Å². The lowest BCUT2D eigenvalue weighted by Crippen LogP contribution is -2.24. The van der Waals surface area contributed by atoms with E-state index in [1.165, 1.54) is 0 Å². The van der Waals surface area contributed by atoms with Gasteiger partial charge in [0.05, 0.1) is 5.69 Å². The van der Waals surface area contributed by atoms with Crippen LogP contribution in [0.5, 0.6) is 5.75 Å². The molecule has 33 heavy (non-hydrogen) atoms. The largest absolute Gasteiger partial charge is 0.487 e. The Balaban J connectivity index is 1.27. The van der Waals surface area contributed by atoms with Crippen LogP contribution in [0.1, 0.15) is 23.2 Å². The number of nitrogens with one attached hydrogen (secondary N) is 2. The smallest absolute Gasteiger partial charge is 0.222 e. The summed E-state index contributed by atoms with van der Waals surface area (Å²) >= 11 is 5.36. The highest BCUT2D eigenvalue weighted by Crippen LogP contribution is 2.19. The molecule has 2 aromatic carbocycles. The van der Waals surface area contributed by atoms with Crippen molar-refractivity contribution in [3.05, 3.63) is 94.5 Å². The van der Waals surface area contributed by atoms with Crippen LogP contribution in [0.2, 0.25) is 0 Å². The number of amides is 1. The number of aromatic amines is 1. The van der Waals surface area contributed by atoms with Crippen molar-refractivity contribution in [2.75, 3.05) is 0 Å². The molecule has 0 saturated carbocycles. The molecule has 0 unspecified atom stereocenters. The summed E-state index contributed by atoms with van der Waals surface area (Å²) < 4.78 is 8.11. The van der Waals surface area contributed by atoms with Gasteiger partial charge in [-0.2, -0.15) is 5.10 Å². The summed E-state index contributed by atoms with van der Waals surface area (Å²) in [6.07, 6.45) is 2.05. The standard InChI is InChI=1S/C25H25N5O2S/c1-18-5-4-6-20(15-18)24-28-29-25(33)30(24)14-12-23(31)27-16-19-8-10-22(11-9-19)32-17-21-7-2-3-13-26-21/h2-11,13,15H,12,14,16-17H2,1H3,(H,27,31)(H,29,33). The molecule has 0 bridgehead atoms. The molecule has 0 radical (unpaired) electrons. The monoisotopic (exact) mass is 459 g/mol. The number of rotatable bonds is 9. The summed E-state index contributed by atoms with van der Waals surface area (Å²) in [5.74, 6) is 1.44. The molecule has 2 aromatic heterocycles. The van der Waals surface area contributed by atoms with Gasteiger partial charge in [0.1, 0.15) is 12.4 Å². The van der Waals surface area contributed by atoms with E-state index in [1.807, 2.05) is 78.2 Å². The Labute approximate surface area is 197 Å². The van der Waals surface area contributed by atoms with Gasteiger partial charge in [0.25, 0.3) is 0 Å². The average Bonchev–Trinajstić information content (AvgIpc) is 3.21. The van der Waals surface area contributed by atoms with E-state index in [0.717, 1.165) is 34.0 Å². The molecular formula is C25H25N5O2S. The minimum atomic E-state index is -0.0521. The molecule has 0 aliphatic rings. The summed E-state index contributed by atoms with van der Waals surface area (Å²) in [4.78, 5) is 16.7. The van der Waals surface area contributed by atoms with E-state index in [0.29, 0.717) is 30.9 Å². The number of carbonyl (C=O) groups excluding carboxylic acids is 1. The maximum Gasteiger partial charge on any atom is 0.222 e. The fourth-order valence-corrected chi connectivity index (χ4v) is 3.60. The van der Waals surface area contributed by atoms with Crippen molar-refractivity contribution in [3.63, 3.8) is 0 Å². The number of hydrogen-bond donors (Lipinski definition) is 2. The van der Waals surface area contributed by atoms with Gasteiger partial charge < -0.3 is 10.1 Å². The van der Waals surface area contributed by atoms with Gasteiger partial charge in [0.15, 0.2) is 10.6 Å². The Hall–Kier alpha value is -3.78. The molecule has 168 valence electrons. The maximum absolute atomic E-state index is 12.4. The highest BCUT2D eigenvalue weighted by molar-refractivity contribution is 7.71. The molecule has 4 aromatic rings. The van der Waals surface area contributed by atoms with E-state index in [4.69, 9.17) is 17.0 Å². The molecule has 0 aliphatic heterocycles. The predicted octanol–water partition coefficient (Wildman–Crippen LogP) is 4.60. The van der Waals surface area contributed by atoms with Crippen LogP contribution in [0.15, 0.2) is 72.9 Å². The van der Waals surface area contributed by atoms with Crippen LogP contribution in [0.3, 0.4) is 0 Å². The number of ether oxygens (including phenoxy) is 1. The zero-order valence-corrected chi connectivity index (χ0v) is 19.1. The zero-order valence-electron chi connectivity index (χ0n) is 18.3. The molecule has 0 fully saturated rings. The first-order chi connectivity index (χ1) is 16.1. The molecule has 0 saturated heterocycles. The van der Waals surface area contributed by atoms with Gasteiger partial charge in [-0.05, 0) is 55.0 Å². The normalized spacial score (nSPS) is 10.7. The molecule has 2 N–H and O–H groups in total. The molecule has 7 nitrogen and oxygen atoms in total. The Kier molecular flexibility index (Phi) is 7.26. The SMILES string of the molecule is Cc1cccc(-c2n[nH]c(=S)n2CCC(=O)NCc2ccc(OCc3ccccn3)cc2)c1. The molecule has 4 rings (SSSR count). The molecule has 0 atom stereocenters. The first-order valence-electron chi connectivity index (χ1n) is 10.7. The van der Waals surface area contributed by atoms with Gasteiger partial charge >= 0.3 is 0 Å². The van der Waals surface area contributed by atoms with Gasteiger partial charge in [-0.1, -0.05) is 42.0 Å². The average molecular weight is 460 g/mol. The Morgan fingerprint density at radius 2 is 1.97 bits per heavy atom. The van der Waals surface area contributed by atoms with Crippen molar-refractivity contribution in [2.45, 2.75) is 33.0 Å². The van der Waals surface area contributed by atoms with E-state index in [9.17, 15) is 4.79 Å². The number of nitrogens with zero attached hydrogens (tertiary/aromatic N) is 3. The second-order valence-corrected chi connectivity index (χ2v) is 8.04.